The second-order valence-electron chi connectivity index (χ2n) is 4.33. The number of benzene rings is 1. The summed E-state index contributed by atoms with van der Waals surface area (Å²) in [6.45, 7) is 4.46. The lowest BCUT2D eigenvalue weighted by atomic mass is 10.1. The average molecular weight is 251 g/mol. The standard InChI is InChI=1S/C13H17NO2S/c1-8(15)11-7-10(3-4-12(11)14)17-13-5-6-16-9(13)2/h3-4,7,9,13H,5-6,14H2,1-2H3. The van der Waals surface area contributed by atoms with E-state index in [-0.39, 0.29) is 11.9 Å². The normalized spacial score (nSPS) is 23.9. The van der Waals surface area contributed by atoms with Crippen LogP contribution in [-0.4, -0.2) is 23.7 Å². The number of ether oxygens (including phenoxy) is 1. The Morgan fingerprint density at radius 1 is 1.53 bits per heavy atom. The van der Waals surface area contributed by atoms with E-state index < -0.39 is 0 Å². The molecule has 92 valence electrons. The first-order valence-electron chi connectivity index (χ1n) is 5.76. The Bertz CT molecular complexity index is 433. The van der Waals surface area contributed by atoms with Gasteiger partial charge in [0.25, 0.3) is 0 Å². The highest BCUT2D eigenvalue weighted by atomic mass is 32.2. The molecule has 2 unspecified atom stereocenters. The van der Waals surface area contributed by atoms with Gasteiger partial charge >= 0.3 is 0 Å². The zero-order valence-corrected chi connectivity index (χ0v) is 10.9. The van der Waals surface area contributed by atoms with Gasteiger partial charge in [-0.1, -0.05) is 0 Å². The van der Waals surface area contributed by atoms with E-state index in [0.29, 0.717) is 16.5 Å². The Kier molecular flexibility index (Phi) is 3.74. The molecular weight excluding hydrogens is 234 g/mol. The Morgan fingerprint density at radius 2 is 2.29 bits per heavy atom. The lowest BCUT2D eigenvalue weighted by Gasteiger charge is -2.14. The van der Waals surface area contributed by atoms with Gasteiger partial charge in [-0.2, -0.15) is 0 Å². The van der Waals surface area contributed by atoms with Gasteiger partial charge in [0.2, 0.25) is 0 Å². The first-order chi connectivity index (χ1) is 8.08. The second-order valence-corrected chi connectivity index (χ2v) is 5.64. The van der Waals surface area contributed by atoms with Crippen molar-refractivity contribution in [3.63, 3.8) is 0 Å². The van der Waals surface area contributed by atoms with E-state index in [0.717, 1.165) is 17.9 Å². The lowest BCUT2D eigenvalue weighted by Crippen LogP contribution is -2.13. The quantitative estimate of drug-likeness (QED) is 0.663. The molecular formula is C13H17NO2S. The third-order valence-corrected chi connectivity index (χ3v) is 4.45. The van der Waals surface area contributed by atoms with Crippen LogP contribution in [0.15, 0.2) is 23.1 Å². The third-order valence-electron chi connectivity index (χ3n) is 3.00. The number of hydrogen-bond donors (Lipinski definition) is 1. The Hall–Kier alpha value is -1.00. The molecule has 0 aromatic heterocycles. The predicted octanol–water partition coefficient (Wildman–Crippen LogP) is 2.74. The highest BCUT2D eigenvalue weighted by Gasteiger charge is 2.25. The van der Waals surface area contributed by atoms with Crippen molar-refractivity contribution in [1.29, 1.82) is 0 Å². The van der Waals surface area contributed by atoms with Crippen LogP contribution in [0, 0.1) is 0 Å². The van der Waals surface area contributed by atoms with Crippen LogP contribution in [0.1, 0.15) is 30.6 Å². The molecule has 1 saturated heterocycles. The largest absolute Gasteiger partial charge is 0.398 e. The van der Waals surface area contributed by atoms with Gasteiger partial charge < -0.3 is 10.5 Å². The molecule has 1 heterocycles. The fourth-order valence-electron chi connectivity index (χ4n) is 1.96. The van der Waals surface area contributed by atoms with E-state index >= 15 is 0 Å². The molecule has 0 saturated carbocycles. The van der Waals surface area contributed by atoms with Crippen LogP contribution < -0.4 is 5.73 Å². The van der Waals surface area contributed by atoms with E-state index in [9.17, 15) is 4.79 Å². The van der Waals surface area contributed by atoms with E-state index in [1.54, 1.807) is 24.8 Å². The molecule has 2 N–H and O–H groups in total. The number of ketones is 1. The summed E-state index contributed by atoms with van der Waals surface area (Å²) in [5, 5.41) is 0.471. The molecule has 1 aromatic carbocycles. The van der Waals surface area contributed by atoms with Crippen molar-refractivity contribution in [1.82, 2.24) is 0 Å². The topological polar surface area (TPSA) is 52.3 Å². The second kappa shape index (κ2) is 5.10. The van der Waals surface area contributed by atoms with E-state index in [1.165, 1.54) is 0 Å². The highest BCUT2D eigenvalue weighted by Crippen LogP contribution is 2.33. The number of carbonyl (C=O) groups is 1. The maximum Gasteiger partial charge on any atom is 0.161 e. The maximum atomic E-state index is 11.4. The van der Waals surface area contributed by atoms with Crippen LogP contribution in [-0.2, 0) is 4.74 Å². The predicted molar refractivity (Wildman–Crippen MR) is 70.5 cm³/mol. The van der Waals surface area contributed by atoms with Gasteiger partial charge in [-0.25, -0.2) is 0 Å². The summed E-state index contributed by atoms with van der Waals surface area (Å²) in [7, 11) is 0. The minimum atomic E-state index is 0.0145. The summed E-state index contributed by atoms with van der Waals surface area (Å²) in [5.41, 5.74) is 6.94. The zero-order chi connectivity index (χ0) is 12.4. The van der Waals surface area contributed by atoms with Gasteiger partial charge in [-0.15, -0.1) is 11.8 Å². The molecule has 0 bridgehead atoms. The summed E-state index contributed by atoms with van der Waals surface area (Å²) in [6.07, 6.45) is 1.34. The van der Waals surface area contributed by atoms with Crippen LogP contribution >= 0.6 is 11.8 Å². The first-order valence-corrected chi connectivity index (χ1v) is 6.64. The minimum Gasteiger partial charge on any atom is -0.398 e. The molecule has 0 spiro atoms. The molecule has 0 aliphatic carbocycles. The van der Waals surface area contributed by atoms with Crippen molar-refractivity contribution in [2.24, 2.45) is 0 Å². The summed E-state index contributed by atoms with van der Waals surface area (Å²) in [6, 6.07) is 5.66. The van der Waals surface area contributed by atoms with Crippen LogP contribution in [0.4, 0.5) is 5.69 Å². The van der Waals surface area contributed by atoms with Crippen LogP contribution in [0.5, 0.6) is 0 Å². The summed E-state index contributed by atoms with van der Waals surface area (Å²) < 4.78 is 5.53. The van der Waals surface area contributed by atoms with Gasteiger partial charge in [0.1, 0.15) is 0 Å². The number of nitrogens with two attached hydrogens (primary N) is 1. The number of hydrogen-bond acceptors (Lipinski definition) is 4. The van der Waals surface area contributed by atoms with Crippen molar-refractivity contribution >= 4 is 23.2 Å². The van der Waals surface area contributed by atoms with Crippen molar-refractivity contribution in [2.45, 2.75) is 36.5 Å². The first kappa shape index (κ1) is 12.5. The van der Waals surface area contributed by atoms with Gasteiger partial charge in [0.15, 0.2) is 5.78 Å². The van der Waals surface area contributed by atoms with E-state index in [4.69, 9.17) is 10.5 Å². The van der Waals surface area contributed by atoms with Crippen molar-refractivity contribution in [3.05, 3.63) is 23.8 Å². The Labute approximate surface area is 106 Å². The molecule has 0 amide bonds. The number of thioether (sulfide) groups is 1. The zero-order valence-electron chi connectivity index (χ0n) is 10.1. The SMILES string of the molecule is CC(=O)c1cc(SC2CCOC2C)ccc1N. The van der Waals surface area contributed by atoms with E-state index in [2.05, 4.69) is 6.92 Å². The number of Topliss-reactive ketones (excluding diaryl/α,β-unsaturated/α-hetero) is 1. The van der Waals surface area contributed by atoms with Crippen LogP contribution in [0.3, 0.4) is 0 Å². The number of rotatable bonds is 3. The van der Waals surface area contributed by atoms with Gasteiger partial charge in [0.05, 0.1) is 6.10 Å². The van der Waals surface area contributed by atoms with Gasteiger partial charge in [-0.05, 0) is 38.5 Å². The molecule has 4 heteroatoms. The molecule has 1 aliphatic rings. The molecule has 3 nitrogen and oxygen atoms in total. The number of carbonyl (C=O) groups excluding carboxylic acids is 1. The third kappa shape index (κ3) is 2.82. The molecule has 2 rings (SSSR count). The highest BCUT2D eigenvalue weighted by molar-refractivity contribution is 8.00. The number of anilines is 1. The number of nitrogen functional groups attached to an aromatic ring is 1. The molecule has 0 radical (unpaired) electrons. The fourth-order valence-corrected chi connectivity index (χ4v) is 3.12. The maximum absolute atomic E-state index is 11.4. The monoisotopic (exact) mass is 251 g/mol. The molecule has 1 aliphatic heterocycles. The smallest absolute Gasteiger partial charge is 0.161 e. The summed E-state index contributed by atoms with van der Waals surface area (Å²) in [5.74, 6) is 0.0145. The van der Waals surface area contributed by atoms with Crippen molar-refractivity contribution in [2.75, 3.05) is 12.3 Å². The lowest BCUT2D eigenvalue weighted by molar-refractivity contribution is 0.101. The summed E-state index contributed by atoms with van der Waals surface area (Å²) >= 11 is 1.77. The molecule has 1 aromatic rings. The molecule has 2 atom stereocenters. The van der Waals surface area contributed by atoms with Crippen molar-refractivity contribution < 1.29 is 9.53 Å². The van der Waals surface area contributed by atoms with Crippen LogP contribution in [0.25, 0.3) is 0 Å². The average Bonchev–Trinajstić information content (AvgIpc) is 2.67. The van der Waals surface area contributed by atoms with Gasteiger partial charge in [0, 0.05) is 28.0 Å². The molecule has 17 heavy (non-hydrogen) atoms. The Balaban J connectivity index is 2.16. The van der Waals surface area contributed by atoms with E-state index in [1.807, 2.05) is 12.1 Å². The fraction of sp³-hybridized carbons (Fsp3) is 0.462. The molecule has 1 fully saturated rings. The Morgan fingerprint density at radius 3 is 2.88 bits per heavy atom. The van der Waals surface area contributed by atoms with Crippen molar-refractivity contribution in [3.8, 4) is 0 Å². The summed E-state index contributed by atoms with van der Waals surface area (Å²) in [4.78, 5) is 12.5. The van der Waals surface area contributed by atoms with Crippen LogP contribution in [0.2, 0.25) is 0 Å². The van der Waals surface area contributed by atoms with Gasteiger partial charge in [-0.3, -0.25) is 4.79 Å². The minimum absolute atomic E-state index is 0.0145.